The first-order chi connectivity index (χ1) is 8.90. The number of aliphatic hydroxyl groups is 1. The van der Waals surface area contributed by atoms with Gasteiger partial charge in [-0.1, -0.05) is 12.8 Å². The zero-order valence-corrected chi connectivity index (χ0v) is 11.2. The minimum absolute atomic E-state index is 0.0934. The molecule has 1 aliphatic rings. The van der Waals surface area contributed by atoms with Crippen molar-refractivity contribution < 1.29 is 17.9 Å². The van der Waals surface area contributed by atoms with Gasteiger partial charge >= 0.3 is 0 Å². The van der Waals surface area contributed by atoms with Crippen molar-refractivity contribution in [2.75, 3.05) is 5.73 Å². The Kier molecular flexibility index (Phi) is 4.07. The lowest BCUT2D eigenvalue weighted by molar-refractivity contribution is 0.101. The van der Waals surface area contributed by atoms with Crippen LogP contribution < -0.4 is 10.5 Å². The van der Waals surface area contributed by atoms with Crippen LogP contribution in [0.1, 0.15) is 25.7 Å². The molecule has 2 atom stereocenters. The van der Waals surface area contributed by atoms with Crippen LogP contribution in [-0.2, 0) is 10.0 Å². The highest BCUT2D eigenvalue weighted by Gasteiger charge is 2.28. The summed E-state index contributed by atoms with van der Waals surface area (Å²) < 4.78 is 39.7. The molecule has 0 saturated heterocycles. The quantitative estimate of drug-likeness (QED) is 0.723. The highest BCUT2D eigenvalue weighted by atomic mass is 32.2. The van der Waals surface area contributed by atoms with Crippen molar-refractivity contribution in [1.29, 1.82) is 0 Å². The third kappa shape index (κ3) is 3.23. The fourth-order valence-corrected chi connectivity index (χ4v) is 3.54. The molecule has 1 aliphatic carbocycles. The summed E-state index contributed by atoms with van der Waals surface area (Å²) in [5.41, 5.74) is 5.15. The average Bonchev–Trinajstić information content (AvgIpc) is 2.35. The molecular weight excluding hydrogens is 271 g/mol. The molecule has 1 aromatic carbocycles. The molecule has 0 radical (unpaired) electrons. The van der Waals surface area contributed by atoms with Crippen LogP contribution in [0.5, 0.6) is 0 Å². The van der Waals surface area contributed by atoms with E-state index in [9.17, 15) is 17.9 Å². The maximum Gasteiger partial charge on any atom is 0.240 e. The first kappa shape index (κ1) is 14.2. The molecule has 19 heavy (non-hydrogen) atoms. The molecular formula is C12H17FN2O3S. The minimum atomic E-state index is -3.79. The zero-order valence-electron chi connectivity index (χ0n) is 10.3. The number of halogens is 1. The van der Waals surface area contributed by atoms with Crippen molar-refractivity contribution in [2.24, 2.45) is 0 Å². The van der Waals surface area contributed by atoms with E-state index in [1.165, 1.54) is 0 Å². The summed E-state index contributed by atoms with van der Waals surface area (Å²) in [4.78, 5) is -0.0934. The van der Waals surface area contributed by atoms with Crippen LogP contribution in [0.2, 0.25) is 0 Å². The summed E-state index contributed by atoms with van der Waals surface area (Å²) in [7, 11) is -3.79. The van der Waals surface area contributed by atoms with Crippen LogP contribution in [0.15, 0.2) is 23.1 Å². The number of hydrogen-bond donors (Lipinski definition) is 3. The molecule has 0 aromatic heterocycles. The fourth-order valence-electron chi connectivity index (χ4n) is 2.21. The molecule has 2 rings (SSSR count). The molecule has 106 valence electrons. The van der Waals surface area contributed by atoms with Gasteiger partial charge in [-0.2, -0.15) is 0 Å². The predicted molar refractivity (Wildman–Crippen MR) is 69.4 cm³/mol. The monoisotopic (exact) mass is 288 g/mol. The predicted octanol–water partition coefficient (Wildman–Crippen LogP) is 0.990. The maximum absolute atomic E-state index is 13.0. The second-order valence-electron chi connectivity index (χ2n) is 4.76. The third-order valence-corrected chi connectivity index (χ3v) is 4.80. The highest BCUT2D eigenvalue weighted by Crippen LogP contribution is 2.22. The summed E-state index contributed by atoms with van der Waals surface area (Å²) in [6.07, 6.45) is 2.26. The minimum Gasteiger partial charge on any atom is -0.396 e. The molecule has 5 nitrogen and oxygen atoms in total. The zero-order chi connectivity index (χ0) is 14.0. The molecule has 1 saturated carbocycles. The molecule has 1 fully saturated rings. The first-order valence-corrected chi connectivity index (χ1v) is 7.64. The second-order valence-corrected chi connectivity index (χ2v) is 6.48. The van der Waals surface area contributed by atoms with E-state index >= 15 is 0 Å². The Morgan fingerprint density at radius 1 is 1.32 bits per heavy atom. The van der Waals surface area contributed by atoms with Gasteiger partial charge in [-0.15, -0.1) is 0 Å². The van der Waals surface area contributed by atoms with E-state index in [0.29, 0.717) is 12.8 Å². The summed E-state index contributed by atoms with van der Waals surface area (Å²) in [6.45, 7) is 0. The molecule has 0 heterocycles. The van der Waals surface area contributed by atoms with E-state index in [2.05, 4.69) is 4.72 Å². The van der Waals surface area contributed by atoms with Crippen LogP contribution in [0.3, 0.4) is 0 Å². The van der Waals surface area contributed by atoms with E-state index in [1.807, 2.05) is 0 Å². The van der Waals surface area contributed by atoms with E-state index in [-0.39, 0.29) is 10.6 Å². The van der Waals surface area contributed by atoms with Crippen LogP contribution >= 0.6 is 0 Å². The van der Waals surface area contributed by atoms with E-state index in [0.717, 1.165) is 31.0 Å². The topological polar surface area (TPSA) is 92.4 Å². The molecule has 4 N–H and O–H groups in total. The summed E-state index contributed by atoms with van der Waals surface area (Å²) in [5.74, 6) is -0.656. The number of nitrogens with one attached hydrogen (secondary N) is 1. The van der Waals surface area contributed by atoms with Gasteiger partial charge in [-0.3, -0.25) is 0 Å². The van der Waals surface area contributed by atoms with Gasteiger partial charge in [0.1, 0.15) is 5.82 Å². The number of nitrogen functional groups attached to an aromatic ring is 1. The fraction of sp³-hybridized carbons (Fsp3) is 0.500. The van der Waals surface area contributed by atoms with Crippen molar-refractivity contribution in [2.45, 2.75) is 42.7 Å². The van der Waals surface area contributed by atoms with Crippen molar-refractivity contribution in [3.8, 4) is 0 Å². The molecule has 0 bridgehead atoms. The average molecular weight is 288 g/mol. The molecule has 7 heteroatoms. The highest BCUT2D eigenvalue weighted by molar-refractivity contribution is 7.89. The molecule has 0 amide bonds. The first-order valence-electron chi connectivity index (χ1n) is 6.15. The third-order valence-electron chi connectivity index (χ3n) is 3.31. The number of rotatable bonds is 3. The van der Waals surface area contributed by atoms with Crippen LogP contribution in [-0.4, -0.2) is 25.7 Å². The maximum atomic E-state index is 13.0. The SMILES string of the molecule is Nc1cc(S(=O)(=O)N[C@H]2CCCC[C@@H]2O)ccc1F. The number of nitrogens with two attached hydrogens (primary N) is 1. The molecule has 0 spiro atoms. The smallest absolute Gasteiger partial charge is 0.240 e. The lowest BCUT2D eigenvalue weighted by Gasteiger charge is -2.28. The van der Waals surface area contributed by atoms with Gasteiger partial charge in [-0.25, -0.2) is 17.5 Å². The largest absolute Gasteiger partial charge is 0.396 e. The molecule has 0 aliphatic heterocycles. The molecule has 0 unspecified atom stereocenters. The van der Waals surface area contributed by atoms with E-state index in [4.69, 9.17) is 5.73 Å². The van der Waals surface area contributed by atoms with Crippen molar-refractivity contribution in [3.05, 3.63) is 24.0 Å². The van der Waals surface area contributed by atoms with E-state index < -0.39 is 28.0 Å². The van der Waals surface area contributed by atoms with Crippen molar-refractivity contribution in [3.63, 3.8) is 0 Å². The van der Waals surface area contributed by atoms with E-state index in [1.54, 1.807) is 0 Å². The number of anilines is 1. The van der Waals surface area contributed by atoms with Crippen LogP contribution in [0, 0.1) is 5.82 Å². The van der Waals surface area contributed by atoms with Crippen molar-refractivity contribution >= 4 is 15.7 Å². The second kappa shape index (κ2) is 5.44. The Bertz CT molecular complexity index is 562. The summed E-state index contributed by atoms with van der Waals surface area (Å²) in [6, 6.07) is 2.75. The van der Waals surface area contributed by atoms with Gasteiger partial charge in [-0.05, 0) is 31.0 Å². The summed E-state index contributed by atoms with van der Waals surface area (Å²) in [5, 5.41) is 9.77. The summed E-state index contributed by atoms with van der Waals surface area (Å²) >= 11 is 0. The van der Waals surface area contributed by atoms with Gasteiger partial charge in [0.05, 0.1) is 16.7 Å². The van der Waals surface area contributed by atoms with Gasteiger partial charge in [0.25, 0.3) is 0 Å². The Balaban J connectivity index is 2.19. The van der Waals surface area contributed by atoms with Crippen molar-refractivity contribution in [1.82, 2.24) is 4.72 Å². The Labute approximate surface area is 111 Å². The Morgan fingerprint density at radius 2 is 2.00 bits per heavy atom. The van der Waals surface area contributed by atoms with Gasteiger partial charge in [0.15, 0.2) is 0 Å². The van der Waals surface area contributed by atoms with Crippen LogP contribution in [0.4, 0.5) is 10.1 Å². The lowest BCUT2D eigenvalue weighted by atomic mass is 9.93. The Morgan fingerprint density at radius 3 is 2.63 bits per heavy atom. The number of hydrogen-bond acceptors (Lipinski definition) is 4. The molecule has 1 aromatic rings. The van der Waals surface area contributed by atoms with Gasteiger partial charge in [0.2, 0.25) is 10.0 Å². The van der Waals surface area contributed by atoms with Gasteiger partial charge in [0, 0.05) is 6.04 Å². The number of aliphatic hydroxyl groups excluding tert-OH is 1. The number of benzene rings is 1. The number of sulfonamides is 1. The lowest BCUT2D eigenvalue weighted by Crippen LogP contribution is -2.44. The van der Waals surface area contributed by atoms with Gasteiger partial charge < -0.3 is 10.8 Å². The van der Waals surface area contributed by atoms with Crippen LogP contribution in [0.25, 0.3) is 0 Å². The standard InChI is InChI=1S/C12H17FN2O3S/c13-9-6-5-8(7-10(9)14)19(17,18)15-11-3-1-2-4-12(11)16/h5-7,11-12,15-16H,1-4,14H2/t11-,12-/m0/s1. The Hall–Kier alpha value is -1.18. The normalized spacial score (nSPS) is 24.3.